The molecule has 13 heavy (non-hydrogen) atoms. The maximum atomic E-state index is 5.54. The average molecular weight is 177 g/mol. The van der Waals surface area contributed by atoms with Gasteiger partial charge in [-0.1, -0.05) is 17.7 Å². The van der Waals surface area contributed by atoms with Crippen molar-refractivity contribution < 1.29 is 4.84 Å². The Labute approximate surface area is 79.1 Å². The molecule has 2 heteroatoms. The molecule has 1 heterocycles. The molecule has 2 rings (SSSR count). The molecule has 1 aromatic carbocycles. The predicted octanol–water partition coefficient (Wildman–Crippen LogP) is 2.53. The molecule has 1 saturated heterocycles. The molecule has 1 aliphatic heterocycles. The predicted molar refractivity (Wildman–Crippen MR) is 53.7 cm³/mol. The van der Waals surface area contributed by atoms with Gasteiger partial charge in [-0.05, 0) is 31.9 Å². The van der Waals surface area contributed by atoms with Crippen molar-refractivity contribution >= 4 is 5.69 Å². The summed E-state index contributed by atoms with van der Waals surface area (Å²) in [6, 6.07) is 8.46. The van der Waals surface area contributed by atoms with Crippen molar-refractivity contribution in [3.63, 3.8) is 0 Å². The van der Waals surface area contributed by atoms with Crippen LogP contribution in [0.5, 0.6) is 0 Å². The Morgan fingerprint density at radius 2 is 1.92 bits per heavy atom. The zero-order valence-electron chi connectivity index (χ0n) is 7.99. The number of aryl methyl sites for hydroxylation is 1. The van der Waals surface area contributed by atoms with E-state index in [0.717, 1.165) is 13.2 Å². The lowest BCUT2D eigenvalue weighted by Crippen LogP contribution is -2.29. The number of hydroxylamine groups is 1. The number of nitrogens with zero attached hydrogens (tertiary/aromatic N) is 1. The lowest BCUT2D eigenvalue weighted by Gasteiger charge is -2.27. The number of benzene rings is 1. The average Bonchev–Trinajstić information content (AvgIpc) is 2.20. The molecule has 0 aromatic heterocycles. The van der Waals surface area contributed by atoms with Crippen LogP contribution < -0.4 is 5.06 Å². The van der Waals surface area contributed by atoms with Gasteiger partial charge in [-0.25, -0.2) is 0 Å². The Hall–Kier alpha value is -1.02. The smallest absolute Gasteiger partial charge is 0.0749 e. The SMILES string of the molecule is Cc1ccc(N2CCCCO2)cc1. The molecule has 1 aromatic rings. The van der Waals surface area contributed by atoms with Crippen molar-refractivity contribution in [1.82, 2.24) is 0 Å². The van der Waals surface area contributed by atoms with Gasteiger partial charge in [0.25, 0.3) is 0 Å². The number of anilines is 1. The summed E-state index contributed by atoms with van der Waals surface area (Å²) in [6.45, 7) is 3.97. The van der Waals surface area contributed by atoms with E-state index in [1.54, 1.807) is 0 Å². The van der Waals surface area contributed by atoms with E-state index in [4.69, 9.17) is 4.84 Å². The van der Waals surface area contributed by atoms with Gasteiger partial charge < -0.3 is 0 Å². The van der Waals surface area contributed by atoms with E-state index in [9.17, 15) is 0 Å². The third kappa shape index (κ3) is 2.01. The maximum absolute atomic E-state index is 5.54. The summed E-state index contributed by atoms with van der Waals surface area (Å²) in [7, 11) is 0. The van der Waals surface area contributed by atoms with Crippen LogP contribution in [0.3, 0.4) is 0 Å². The third-order valence-electron chi connectivity index (χ3n) is 2.32. The van der Waals surface area contributed by atoms with Gasteiger partial charge in [0.1, 0.15) is 0 Å². The normalized spacial score (nSPS) is 17.5. The zero-order valence-corrected chi connectivity index (χ0v) is 7.99. The Kier molecular flexibility index (Phi) is 2.50. The molecule has 0 unspecified atom stereocenters. The topological polar surface area (TPSA) is 12.5 Å². The standard InChI is InChI=1S/C11H15NO/c1-10-4-6-11(7-5-10)12-8-2-3-9-13-12/h4-7H,2-3,8-9H2,1H3. The highest BCUT2D eigenvalue weighted by Crippen LogP contribution is 2.18. The fourth-order valence-corrected chi connectivity index (χ4v) is 1.51. The summed E-state index contributed by atoms with van der Waals surface area (Å²) < 4.78 is 0. The molecule has 0 saturated carbocycles. The third-order valence-corrected chi connectivity index (χ3v) is 2.32. The van der Waals surface area contributed by atoms with Crippen LogP contribution in [0.1, 0.15) is 18.4 Å². The molecule has 2 nitrogen and oxygen atoms in total. The first kappa shape index (κ1) is 8.57. The Balaban J connectivity index is 2.10. The van der Waals surface area contributed by atoms with Crippen LogP contribution >= 0.6 is 0 Å². The van der Waals surface area contributed by atoms with Crippen LogP contribution in [0.15, 0.2) is 24.3 Å². The number of rotatable bonds is 1. The van der Waals surface area contributed by atoms with Gasteiger partial charge in [0.05, 0.1) is 12.3 Å². The first-order valence-electron chi connectivity index (χ1n) is 4.83. The quantitative estimate of drug-likeness (QED) is 0.653. The molecule has 1 aliphatic rings. The second-order valence-electron chi connectivity index (χ2n) is 3.48. The molecule has 0 N–H and O–H groups in total. The highest BCUT2D eigenvalue weighted by Gasteiger charge is 2.10. The minimum Gasteiger partial charge on any atom is -0.273 e. The van der Waals surface area contributed by atoms with Crippen LogP contribution in [0.4, 0.5) is 5.69 Å². The largest absolute Gasteiger partial charge is 0.273 e. The lowest BCUT2D eigenvalue weighted by molar-refractivity contribution is 0.0778. The minimum atomic E-state index is 0.855. The van der Waals surface area contributed by atoms with Crippen molar-refractivity contribution in [2.75, 3.05) is 18.2 Å². The van der Waals surface area contributed by atoms with Gasteiger partial charge in [0.15, 0.2) is 0 Å². The molecule has 0 amide bonds. The fourth-order valence-electron chi connectivity index (χ4n) is 1.51. The number of hydrogen-bond acceptors (Lipinski definition) is 2. The first-order chi connectivity index (χ1) is 6.36. The Bertz CT molecular complexity index is 262. The van der Waals surface area contributed by atoms with E-state index in [0.29, 0.717) is 0 Å². The molecule has 1 fully saturated rings. The van der Waals surface area contributed by atoms with Crippen LogP contribution in [0, 0.1) is 6.92 Å². The molecule has 0 radical (unpaired) electrons. The Morgan fingerprint density at radius 1 is 1.15 bits per heavy atom. The van der Waals surface area contributed by atoms with Crippen molar-refractivity contribution in [1.29, 1.82) is 0 Å². The van der Waals surface area contributed by atoms with Crippen LogP contribution in [-0.4, -0.2) is 13.2 Å². The molecule has 0 aliphatic carbocycles. The molecular formula is C11H15NO. The van der Waals surface area contributed by atoms with Crippen molar-refractivity contribution in [2.24, 2.45) is 0 Å². The molecule has 70 valence electrons. The second-order valence-corrected chi connectivity index (χ2v) is 3.48. The molecule has 0 bridgehead atoms. The van der Waals surface area contributed by atoms with E-state index in [1.165, 1.54) is 24.1 Å². The highest BCUT2D eigenvalue weighted by atomic mass is 16.7. The van der Waals surface area contributed by atoms with Crippen molar-refractivity contribution in [3.8, 4) is 0 Å². The second kappa shape index (κ2) is 3.79. The summed E-state index contributed by atoms with van der Waals surface area (Å²) in [5.41, 5.74) is 2.46. The fraction of sp³-hybridized carbons (Fsp3) is 0.455. The summed E-state index contributed by atoms with van der Waals surface area (Å²) in [5, 5.41) is 1.99. The first-order valence-corrected chi connectivity index (χ1v) is 4.83. The van der Waals surface area contributed by atoms with E-state index in [-0.39, 0.29) is 0 Å². The zero-order chi connectivity index (χ0) is 9.10. The molecule has 0 atom stereocenters. The highest BCUT2D eigenvalue weighted by molar-refractivity contribution is 5.45. The van der Waals surface area contributed by atoms with Crippen molar-refractivity contribution in [3.05, 3.63) is 29.8 Å². The maximum Gasteiger partial charge on any atom is 0.0749 e. The van der Waals surface area contributed by atoms with E-state index >= 15 is 0 Å². The monoisotopic (exact) mass is 177 g/mol. The summed E-state index contributed by atoms with van der Waals surface area (Å²) in [6.07, 6.45) is 2.41. The lowest BCUT2D eigenvalue weighted by atomic mass is 10.2. The van der Waals surface area contributed by atoms with Crippen molar-refractivity contribution in [2.45, 2.75) is 19.8 Å². The van der Waals surface area contributed by atoms with E-state index in [2.05, 4.69) is 31.2 Å². The van der Waals surface area contributed by atoms with Crippen LogP contribution in [0.25, 0.3) is 0 Å². The van der Waals surface area contributed by atoms with E-state index in [1.807, 2.05) is 5.06 Å². The molecule has 0 spiro atoms. The van der Waals surface area contributed by atoms with Gasteiger partial charge in [0, 0.05) is 6.54 Å². The van der Waals surface area contributed by atoms with Gasteiger partial charge in [-0.3, -0.25) is 9.90 Å². The summed E-state index contributed by atoms with van der Waals surface area (Å²) >= 11 is 0. The summed E-state index contributed by atoms with van der Waals surface area (Å²) in [5.74, 6) is 0. The number of hydrogen-bond donors (Lipinski definition) is 0. The van der Waals surface area contributed by atoms with Crippen LogP contribution in [0.2, 0.25) is 0 Å². The van der Waals surface area contributed by atoms with Gasteiger partial charge in [-0.15, -0.1) is 0 Å². The Morgan fingerprint density at radius 3 is 2.54 bits per heavy atom. The minimum absolute atomic E-state index is 0.855. The summed E-state index contributed by atoms with van der Waals surface area (Å²) in [4.78, 5) is 5.54. The van der Waals surface area contributed by atoms with Gasteiger partial charge in [-0.2, -0.15) is 0 Å². The molecular weight excluding hydrogens is 162 g/mol. The van der Waals surface area contributed by atoms with Crippen LogP contribution in [-0.2, 0) is 4.84 Å². The van der Waals surface area contributed by atoms with E-state index < -0.39 is 0 Å². The van der Waals surface area contributed by atoms with Gasteiger partial charge >= 0.3 is 0 Å². The van der Waals surface area contributed by atoms with Gasteiger partial charge in [0.2, 0.25) is 0 Å².